The first-order chi connectivity index (χ1) is 7.85. The van der Waals surface area contributed by atoms with E-state index >= 15 is 0 Å². The molecule has 0 aliphatic carbocycles. The fourth-order valence-electron chi connectivity index (χ4n) is 1.07. The van der Waals surface area contributed by atoms with Crippen LogP contribution >= 0.6 is 24.7 Å². The molecule has 0 aromatic heterocycles. The zero-order valence-corrected chi connectivity index (χ0v) is 11.3. The van der Waals surface area contributed by atoms with E-state index in [0.717, 1.165) is 5.75 Å². The molecule has 0 saturated carbocycles. The minimum Gasteiger partial charge on any atom is -0.422 e. The Hall–Kier alpha value is -0.590. The summed E-state index contributed by atoms with van der Waals surface area (Å²) in [4.78, 5) is 0. The fourth-order valence-corrected chi connectivity index (χ4v) is 4.91. The van der Waals surface area contributed by atoms with Crippen molar-refractivity contribution in [3.8, 4) is 5.75 Å². The van der Waals surface area contributed by atoms with E-state index in [1.54, 1.807) is 0 Å². The van der Waals surface area contributed by atoms with Gasteiger partial charge in [-0.1, -0.05) is 18.2 Å². The van der Waals surface area contributed by atoms with Gasteiger partial charge >= 0.3 is 7.66 Å². The largest absolute Gasteiger partial charge is 0.422 e. The average Bonchev–Trinajstić information content (AvgIpc) is 2.31. The Morgan fingerprint density at radius 2 is 2.06 bits per heavy atom. The summed E-state index contributed by atoms with van der Waals surface area (Å²) in [7, 11) is -1.22. The summed E-state index contributed by atoms with van der Waals surface area (Å²) in [6.45, 7) is 2.43. The molecule has 0 bridgehead atoms. The van der Waals surface area contributed by atoms with Crippen LogP contribution in [0.25, 0.3) is 0 Å². The smallest absolute Gasteiger partial charge is 0.405 e. The van der Waals surface area contributed by atoms with Crippen molar-refractivity contribution in [3.05, 3.63) is 30.3 Å². The molecule has 2 rings (SSSR count). The highest BCUT2D eigenvalue weighted by Crippen LogP contribution is 2.59. The van der Waals surface area contributed by atoms with E-state index in [-0.39, 0.29) is 0 Å². The molecule has 1 aromatic rings. The second-order valence-electron chi connectivity index (χ2n) is 2.76. The molecule has 1 aromatic carbocycles. The Kier molecular flexibility index (Phi) is 4.20. The molecule has 0 fully saturated rings. The van der Waals surface area contributed by atoms with E-state index in [1.165, 1.54) is 0 Å². The average molecular weight is 273 g/mol. The molecular weight excluding hydrogens is 263 g/mol. The summed E-state index contributed by atoms with van der Waals surface area (Å²) in [5.74, 6) is 0.726. The van der Waals surface area contributed by atoms with Gasteiger partial charge in [0.25, 0.3) is 0 Å². The number of hydrogen-bond donors (Lipinski definition) is 0. The van der Waals surface area contributed by atoms with E-state index in [1.807, 2.05) is 37.3 Å². The summed E-state index contributed by atoms with van der Waals surface area (Å²) in [6, 6.07) is 9.47. The summed E-state index contributed by atoms with van der Waals surface area (Å²) < 4.78 is 23.8. The van der Waals surface area contributed by atoms with E-state index < -0.39 is 7.66 Å². The number of nitrogens with zero attached hydrogens (tertiary/aromatic N) is 3. The van der Waals surface area contributed by atoms with Crippen molar-refractivity contribution in [1.82, 2.24) is 0 Å². The van der Waals surface area contributed by atoms with Gasteiger partial charge < -0.3 is 4.52 Å². The summed E-state index contributed by atoms with van der Waals surface area (Å²) >= 11 is 0. The number of benzene rings is 1. The van der Waals surface area contributed by atoms with Crippen molar-refractivity contribution in [1.29, 1.82) is 0 Å². The van der Waals surface area contributed by atoms with Crippen molar-refractivity contribution >= 4 is 24.7 Å². The monoisotopic (exact) mass is 273 g/mol. The standard InChI is InChI=1S/C8H10N3O2P3/c1-2-12-16(10-14-9-15-11-16)13-8-6-4-3-5-7-8/h3-7H,2H2,1H3. The normalized spacial score (nSPS) is 24.8. The molecule has 1 aliphatic rings. The highest BCUT2D eigenvalue weighted by Gasteiger charge is 2.23. The van der Waals surface area contributed by atoms with Gasteiger partial charge in [0.1, 0.15) is 5.75 Å². The lowest BCUT2D eigenvalue weighted by molar-refractivity contribution is 0.325. The van der Waals surface area contributed by atoms with Crippen molar-refractivity contribution in [3.63, 3.8) is 0 Å². The zero-order chi connectivity index (χ0) is 11.3. The molecule has 16 heavy (non-hydrogen) atoms. The summed E-state index contributed by atoms with van der Waals surface area (Å²) in [6.07, 6.45) is 0. The molecule has 1 heterocycles. The van der Waals surface area contributed by atoms with Crippen LogP contribution in [0.15, 0.2) is 43.9 Å². The third-order valence-electron chi connectivity index (χ3n) is 1.65. The molecule has 8 heteroatoms. The first kappa shape index (κ1) is 11.9. The van der Waals surface area contributed by atoms with Gasteiger partial charge in [-0.2, -0.15) is 4.52 Å². The van der Waals surface area contributed by atoms with Crippen molar-refractivity contribution in [2.45, 2.75) is 6.92 Å². The van der Waals surface area contributed by atoms with Crippen LogP contribution in [0.3, 0.4) is 0 Å². The van der Waals surface area contributed by atoms with Crippen LogP contribution in [0.2, 0.25) is 0 Å². The first-order valence-corrected chi connectivity index (χ1v) is 7.81. The SMILES string of the molecule is CCOP1(Oc2ccccc2)=NP=NP=N1. The maximum atomic E-state index is 5.76. The molecule has 0 N–H and O–H groups in total. The van der Waals surface area contributed by atoms with Gasteiger partial charge in [0.05, 0.1) is 6.61 Å². The van der Waals surface area contributed by atoms with Crippen LogP contribution in [0.5, 0.6) is 5.75 Å². The molecule has 5 nitrogen and oxygen atoms in total. The van der Waals surface area contributed by atoms with Gasteiger partial charge in [-0.15, -0.1) is 9.03 Å². The lowest BCUT2D eigenvalue weighted by Crippen LogP contribution is -1.95. The lowest BCUT2D eigenvalue weighted by atomic mass is 10.3. The first-order valence-electron chi connectivity index (χ1n) is 4.68. The molecule has 0 radical (unpaired) electrons. The molecule has 84 valence electrons. The second-order valence-corrected chi connectivity index (χ2v) is 6.69. The molecule has 0 spiro atoms. The minimum atomic E-state index is -2.48. The predicted molar refractivity (Wildman–Crippen MR) is 66.7 cm³/mol. The summed E-state index contributed by atoms with van der Waals surface area (Å²) in [5, 5.41) is 0. The van der Waals surface area contributed by atoms with Crippen LogP contribution in [0.1, 0.15) is 6.92 Å². The van der Waals surface area contributed by atoms with Crippen molar-refractivity contribution in [2.24, 2.45) is 13.5 Å². The van der Waals surface area contributed by atoms with Crippen LogP contribution < -0.4 is 4.52 Å². The quantitative estimate of drug-likeness (QED) is 0.712. The number of hydrogen-bond acceptors (Lipinski definition) is 5. The topological polar surface area (TPSA) is 55.5 Å². The predicted octanol–water partition coefficient (Wildman–Crippen LogP) is 5.15. The number of para-hydroxylation sites is 1. The molecule has 0 saturated heterocycles. The highest BCUT2D eigenvalue weighted by atomic mass is 31.2. The van der Waals surface area contributed by atoms with Crippen LogP contribution in [-0.4, -0.2) is 6.61 Å². The Labute approximate surface area is 97.4 Å². The summed E-state index contributed by atoms with van der Waals surface area (Å²) in [5.41, 5.74) is 0. The van der Waals surface area contributed by atoms with E-state index in [0.29, 0.717) is 23.7 Å². The molecule has 0 amide bonds. The maximum absolute atomic E-state index is 5.76. The lowest BCUT2D eigenvalue weighted by Gasteiger charge is -2.18. The van der Waals surface area contributed by atoms with Gasteiger partial charge in [0.15, 0.2) is 17.0 Å². The Bertz CT molecular complexity index is 461. The van der Waals surface area contributed by atoms with Gasteiger partial charge in [-0.05, 0) is 19.1 Å². The zero-order valence-electron chi connectivity index (χ0n) is 8.59. The van der Waals surface area contributed by atoms with Crippen LogP contribution in [0, 0.1) is 0 Å². The van der Waals surface area contributed by atoms with E-state index in [2.05, 4.69) is 13.5 Å². The van der Waals surface area contributed by atoms with E-state index in [9.17, 15) is 0 Å². The highest BCUT2D eigenvalue weighted by molar-refractivity contribution is 7.65. The van der Waals surface area contributed by atoms with E-state index in [4.69, 9.17) is 9.05 Å². The third-order valence-corrected chi connectivity index (χ3v) is 5.78. The maximum Gasteiger partial charge on any atom is 0.405 e. The molecule has 1 aliphatic heterocycles. The van der Waals surface area contributed by atoms with Crippen LogP contribution in [0.4, 0.5) is 0 Å². The number of rotatable bonds is 4. The Morgan fingerprint density at radius 3 is 2.69 bits per heavy atom. The molecule has 1 unspecified atom stereocenters. The second kappa shape index (κ2) is 5.65. The van der Waals surface area contributed by atoms with Crippen LogP contribution in [-0.2, 0) is 4.52 Å². The molecule has 1 atom stereocenters. The fraction of sp³-hybridized carbons (Fsp3) is 0.250. The molecular formula is C8H10N3O2P3. The van der Waals surface area contributed by atoms with Gasteiger partial charge in [0, 0.05) is 0 Å². The van der Waals surface area contributed by atoms with Crippen molar-refractivity contribution in [2.75, 3.05) is 6.61 Å². The Balaban J connectivity index is 2.25. The van der Waals surface area contributed by atoms with Gasteiger partial charge in [-0.25, -0.2) is 0 Å². The van der Waals surface area contributed by atoms with Crippen molar-refractivity contribution < 1.29 is 9.05 Å². The minimum absolute atomic E-state index is 0.526. The third kappa shape index (κ3) is 2.96. The Morgan fingerprint density at radius 1 is 1.25 bits per heavy atom. The van der Waals surface area contributed by atoms with Gasteiger partial charge in [0.2, 0.25) is 0 Å². The van der Waals surface area contributed by atoms with Gasteiger partial charge in [-0.3, -0.25) is 4.52 Å².